The Bertz CT molecular complexity index is 468. The predicted octanol–water partition coefficient (Wildman–Crippen LogP) is 3.64. The van der Waals surface area contributed by atoms with Gasteiger partial charge in [-0.1, -0.05) is 61.0 Å². The van der Waals surface area contributed by atoms with E-state index in [0.717, 1.165) is 17.5 Å². The second-order valence-electron chi connectivity index (χ2n) is 4.41. The molecule has 2 aromatic carbocycles. The summed E-state index contributed by atoms with van der Waals surface area (Å²) in [5.74, 6) is 0. The first kappa shape index (κ1) is 11.9. The van der Waals surface area contributed by atoms with Gasteiger partial charge in [0, 0.05) is 0 Å². The SMILES string of the molecule is CCc1ccc(C(O)c2ccc(C)cc2)cc1. The summed E-state index contributed by atoms with van der Waals surface area (Å²) in [5, 5.41) is 10.2. The van der Waals surface area contributed by atoms with E-state index >= 15 is 0 Å². The Labute approximate surface area is 103 Å². The van der Waals surface area contributed by atoms with Gasteiger partial charge in [-0.15, -0.1) is 0 Å². The summed E-state index contributed by atoms with van der Waals surface area (Å²) in [6.45, 7) is 4.18. The second kappa shape index (κ2) is 5.15. The average Bonchev–Trinajstić information content (AvgIpc) is 2.39. The molecular weight excluding hydrogens is 208 g/mol. The van der Waals surface area contributed by atoms with Crippen LogP contribution in [0.25, 0.3) is 0 Å². The molecule has 0 aliphatic rings. The summed E-state index contributed by atoms with van der Waals surface area (Å²) in [7, 11) is 0. The lowest BCUT2D eigenvalue weighted by Crippen LogP contribution is -1.99. The first-order valence-corrected chi connectivity index (χ1v) is 6.04. The third kappa shape index (κ3) is 2.75. The van der Waals surface area contributed by atoms with E-state index in [4.69, 9.17) is 0 Å². The molecule has 0 saturated carbocycles. The molecule has 1 N–H and O–H groups in total. The van der Waals surface area contributed by atoms with E-state index in [-0.39, 0.29) is 0 Å². The molecule has 0 aliphatic carbocycles. The Morgan fingerprint density at radius 2 is 1.35 bits per heavy atom. The van der Waals surface area contributed by atoms with Crippen molar-refractivity contribution < 1.29 is 5.11 Å². The third-order valence-electron chi connectivity index (χ3n) is 3.10. The van der Waals surface area contributed by atoms with Crippen LogP contribution in [-0.2, 0) is 6.42 Å². The fourth-order valence-electron chi connectivity index (χ4n) is 1.88. The molecule has 0 bridgehead atoms. The molecule has 1 unspecified atom stereocenters. The molecule has 17 heavy (non-hydrogen) atoms. The molecule has 2 rings (SSSR count). The van der Waals surface area contributed by atoms with Crippen molar-refractivity contribution in [3.63, 3.8) is 0 Å². The van der Waals surface area contributed by atoms with Gasteiger partial charge >= 0.3 is 0 Å². The minimum atomic E-state index is -0.526. The molecule has 0 saturated heterocycles. The molecule has 0 aliphatic heterocycles. The molecule has 0 aromatic heterocycles. The minimum Gasteiger partial charge on any atom is -0.384 e. The van der Waals surface area contributed by atoms with E-state index in [0.29, 0.717) is 0 Å². The Hall–Kier alpha value is -1.60. The Kier molecular flexibility index (Phi) is 3.60. The van der Waals surface area contributed by atoms with Gasteiger partial charge in [-0.05, 0) is 30.0 Å². The van der Waals surface area contributed by atoms with E-state index in [2.05, 4.69) is 19.1 Å². The molecule has 0 amide bonds. The highest BCUT2D eigenvalue weighted by molar-refractivity contribution is 5.33. The summed E-state index contributed by atoms with van der Waals surface area (Å²) >= 11 is 0. The monoisotopic (exact) mass is 226 g/mol. The van der Waals surface area contributed by atoms with Crippen LogP contribution in [0.5, 0.6) is 0 Å². The quantitative estimate of drug-likeness (QED) is 0.847. The van der Waals surface area contributed by atoms with Crippen LogP contribution in [0, 0.1) is 6.92 Å². The molecule has 0 spiro atoms. The van der Waals surface area contributed by atoms with Gasteiger partial charge < -0.3 is 5.11 Å². The molecule has 2 aromatic rings. The van der Waals surface area contributed by atoms with Crippen molar-refractivity contribution in [1.29, 1.82) is 0 Å². The lowest BCUT2D eigenvalue weighted by atomic mass is 9.99. The zero-order chi connectivity index (χ0) is 12.3. The Balaban J connectivity index is 2.23. The fraction of sp³-hybridized carbons (Fsp3) is 0.250. The number of hydrogen-bond acceptors (Lipinski definition) is 1. The Morgan fingerprint density at radius 1 is 0.882 bits per heavy atom. The predicted molar refractivity (Wildman–Crippen MR) is 71.1 cm³/mol. The lowest BCUT2D eigenvalue weighted by Gasteiger charge is -2.12. The molecule has 0 radical (unpaired) electrons. The summed E-state index contributed by atoms with van der Waals surface area (Å²) in [5.41, 5.74) is 4.40. The van der Waals surface area contributed by atoms with Crippen molar-refractivity contribution in [3.8, 4) is 0 Å². The normalized spacial score (nSPS) is 12.4. The smallest absolute Gasteiger partial charge is 0.104 e. The third-order valence-corrected chi connectivity index (χ3v) is 3.10. The highest BCUT2D eigenvalue weighted by Gasteiger charge is 2.09. The van der Waals surface area contributed by atoms with Crippen LogP contribution in [0.15, 0.2) is 48.5 Å². The van der Waals surface area contributed by atoms with E-state index in [9.17, 15) is 5.11 Å². The average molecular weight is 226 g/mol. The van der Waals surface area contributed by atoms with Crippen molar-refractivity contribution in [1.82, 2.24) is 0 Å². The summed E-state index contributed by atoms with van der Waals surface area (Å²) in [6.07, 6.45) is 0.502. The minimum absolute atomic E-state index is 0.526. The van der Waals surface area contributed by atoms with Crippen molar-refractivity contribution in [2.45, 2.75) is 26.4 Å². The van der Waals surface area contributed by atoms with Gasteiger partial charge in [-0.3, -0.25) is 0 Å². The first-order valence-electron chi connectivity index (χ1n) is 6.04. The first-order chi connectivity index (χ1) is 8.20. The van der Waals surface area contributed by atoms with Crippen molar-refractivity contribution in [3.05, 3.63) is 70.8 Å². The number of rotatable bonds is 3. The summed E-state index contributed by atoms with van der Waals surface area (Å²) in [6, 6.07) is 16.2. The molecule has 0 fully saturated rings. The van der Waals surface area contributed by atoms with Crippen molar-refractivity contribution >= 4 is 0 Å². The van der Waals surface area contributed by atoms with E-state index in [1.54, 1.807) is 0 Å². The number of aliphatic hydroxyl groups excluding tert-OH is 1. The molecule has 1 atom stereocenters. The largest absolute Gasteiger partial charge is 0.384 e. The van der Waals surface area contributed by atoms with Gasteiger partial charge in [-0.2, -0.15) is 0 Å². The lowest BCUT2D eigenvalue weighted by molar-refractivity contribution is 0.220. The summed E-state index contributed by atoms with van der Waals surface area (Å²) < 4.78 is 0. The van der Waals surface area contributed by atoms with E-state index in [1.165, 1.54) is 11.1 Å². The number of aryl methyl sites for hydroxylation is 2. The topological polar surface area (TPSA) is 20.2 Å². The molecule has 0 heterocycles. The highest BCUT2D eigenvalue weighted by Crippen LogP contribution is 2.22. The maximum Gasteiger partial charge on any atom is 0.104 e. The molecule has 1 heteroatoms. The second-order valence-corrected chi connectivity index (χ2v) is 4.41. The van der Waals surface area contributed by atoms with Gasteiger partial charge in [0.2, 0.25) is 0 Å². The number of benzene rings is 2. The fourth-order valence-corrected chi connectivity index (χ4v) is 1.88. The van der Waals surface area contributed by atoms with Crippen molar-refractivity contribution in [2.75, 3.05) is 0 Å². The van der Waals surface area contributed by atoms with Crippen LogP contribution < -0.4 is 0 Å². The molecule has 1 nitrogen and oxygen atoms in total. The van der Waals surface area contributed by atoms with Gasteiger partial charge in [0.1, 0.15) is 6.10 Å². The summed E-state index contributed by atoms with van der Waals surface area (Å²) in [4.78, 5) is 0. The van der Waals surface area contributed by atoms with Crippen LogP contribution in [-0.4, -0.2) is 5.11 Å². The maximum absolute atomic E-state index is 10.2. The highest BCUT2D eigenvalue weighted by atomic mass is 16.3. The van der Waals surface area contributed by atoms with Gasteiger partial charge in [0.25, 0.3) is 0 Å². The molecule has 88 valence electrons. The van der Waals surface area contributed by atoms with Crippen molar-refractivity contribution in [2.24, 2.45) is 0 Å². The van der Waals surface area contributed by atoms with Gasteiger partial charge in [-0.25, -0.2) is 0 Å². The van der Waals surface area contributed by atoms with E-state index in [1.807, 2.05) is 43.3 Å². The maximum atomic E-state index is 10.2. The van der Waals surface area contributed by atoms with Crippen LogP contribution in [0.2, 0.25) is 0 Å². The van der Waals surface area contributed by atoms with Crippen LogP contribution in [0.4, 0.5) is 0 Å². The number of hydrogen-bond donors (Lipinski definition) is 1. The van der Waals surface area contributed by atoms with Crippen LogP contribution in [0.3, 0.4) is 0 Å². The van der Waals surface area contributed by atoms with E-state index < -0.39 is 6.10 Å². The zero-order valence-electron chi connectivity index (χ0n) is 10.4. The van der Waals surface area contributed by atoms with Gasteiger partial charge in [0.05, 0.1) is 0 Å². The van der Waals surface area contributed by atoms with Gasteiger partial charge in [0.15, 0.2) is 0 Å². The standard InChI is InChI=1S/C16H18O/c1-3-13-6-10-15(11-7-13)16(17)14-8-4-12(2)5-9-14/h4-11,16-17H,3H2,1-2H3. The molecular formula is C16H18O. The van der Waals surface area contributed by atoms with Crippen LogP contribution >= 0.6 is 0 Å². The van der Waals surface area contributed by atoms with Crippen LogP contribution in [0.1, 0.15) is 35.3 Å². The Morgan fingerprint density at radius 3 is 1.82 bits per heavy atom. The number of aliphatic hydroxyl groups is 1. The zero-order valence-corrected chi connectivity index (χ0v) is 10.4.